The number of hydrogen-bond acceptors (Lipinski definition) is 3. The van der Waals surface area contributed by atoms with Crippen molar-refractivity contribution in [3.05, 3.63) is 46.0 Å². The van der Waals surface area contributed by atoms with Crippen LogP contribution < -0.4 is 5.56 Å². The van der Waals surface area contributed by atoms with Gasteiger partial charge in [0.05, 0.1) is 12.2 Å². The van der Waals surface area contributed by atoms with Crippen LogP contribution in [-0.4, -0.2) is 32.1 Å². The summed E-state index contributed by atoms with van der Waals surface area (Å²) in [5.74, 6) is 0.591. The van der Waals surface area contributed by atoms with Gasteiger partial charge in [0.25, 0.3) is 5.56 Å². The van der Waals surface area contributed by atoms with Crippen molar-refractivity contribution < 1.29 is 4.79 Å². The molecule has 6 heteroatoms. The number of aromatic nitrogens is 3. The van der Waals surface area contributed by atoms with E-state index in [1.54, 1.807) is 30.2 Å². The van der Waals surface area contributed by atoms with Crippen molar-refractivity contribution in [1.29, 1.82) is 0 Å². The van der Waals surface area contributed by atoms with Crippen LogP contribution in [0.5, 0.6) is 0 Å². The van der Waals surface area contributed by atoms with E-state index in [0.717, 1.165) is 11.3 Å². The molecule has 1 amide bonds. The van der Waals surface area contributed by atoms with Crippen LogP contribution in [0.3, 0.4) is 0 Å². The molecule has 0 aromatic carbocycles. The van der Waals surface area contributed by atoms with Crippen LogP contribution in [0.4, 0.5) is 0 Å². The number of rotatable bonds is 1. The Bertz CT molecular complexity index is 672. The summed E-state index contributed by atoms with van der Waals surface area (Å²) in [6, 6.07) is 5.40. The van der Waals surface area contributed by atoms with Crippen LogP contribution >= 0.6 is 0 Å². The Balaban J connectivity index is 2.03. The molecule has 3 rings (SSSR count). The van der Waals surface area contributed by atoms with E-state index in [9.17, 15) is 9.59 Å². The van der Waals surface area contributed by atoms with E-state index < -0.39 is 0 Å². The zero-order chi connectivity index (χ0) is 13.4. The van der Waals surface area contributed by atoms with Gasteiger partial charge in [0.1, 0.15) is 0 Å². The van der Waals surface area contributed by atoms with Gasteiger partial charge in [0.2, 0.25) is 5.91 Å². The summed E-state index contributed by atoms with van der Waals surface area (Å²) in [6.45, 7) is 2.59. The number of H-pyrrole nitrogens is 1. The maximum absolute atomic E-state index is 12.3. The van der Waals surface area contributed by atoms with Crippen LogP contribution in [0.1, 0.15) is 18.2 Å². The van der Waals surface area contributed by atoms with Crippen molar-refractivity contribution in [3.8, 4) is 5.82 Å². The lowest BCUT2D eigenvalue weighted by Crippen LogP contribution is -2.35. The number of hydrogen-bond donors (Lipinski definition) is 1. The molecule has 0 atom stereocenters. The van der Waals surface area contributed by atoms with Gasteiger partial charge in [-0.2, -0.15) is 0 Å². The molecule has 2 aromatic rings. The fraction of sp³-hybridized carbons (Fsp3) is 0.308. The number of nitrogens with zero attached hydrogens (tertiary/aromatic N) is 3. The fourth-order valence-corrected chi connectivity index (χ4v) is 2.34. The first-order chi connectivity index (χ1) is 9.16. The number of fused-ring (bicyclic) bond motifs is 1. The first-order valence-electron chi connectivity index (χ1n) is 6.16. The summed E-state index contributed by atoms with van der Waals surface area (Å²) < 4.78 is 1.44. The van der Waals surface area contributed by atoms with Gasteiger partial charge in [-0.15, -0.1) is 0 Å². The Morgan fingerprint density at radius 3 is 2.95 bits per heavy atom. The third kappa shape index (κ3) is 1.95. The van der Waals surface area contributed by atoms with Gasteiger partial charge in [0, 0.05) is 25.2 Å². The Morgan fingerprint density at radius 1 is 1.42 bits per heavy atom. The minimum absolute atomic E-state index is 0.0251. The molecule has 1 N–H and O–H groups in total. The minimum Gasteiger partial charge on any atom is -0.337 e. The van der Waals surface area contributed by atoms with Crippen molar-refractivity contribution in [3.63, 3.8) is 0 Å². The minimum atomic E-state index is -0.0723. The molecule has 3 heterocycles. The molecule has 98 valence electrons. The van der Waals surface area contributed by atoms with Gasteiger partial charge < -0.3 is 4.90 Å². The summed E-state index contributed by atoms with van der Waals surface area (Å²) in [6.07, 6.45) is 2.23. The Kier molecular flexibility index (Phi) is 2.70. The monoisotopic (exact) mass is 258 g/mol. The number of pyridine rings is 1. The van der Waals surface area contributed by atoms with Crippen molar-refractivity contribution >= 4 is 5.91 Å². The predicted molar refractivity (Wildman–Crippen MR) is 69.0 cm³/mol. The zero-order valence-electron chi connectivity index (χ0n) is 10.6. The van der Waals surface area contributed by atoms with Crippen LogP contribution in [0, 0.1) is 0 Å². The summed E-state index contributed by atoms with van der Waals surface area (Å²) in [7, 11) is 0. The van der Waals surface area contributed by atoms with Crippen LogP contribution in [0.15, 0.2) is 29.2 Å². The molecular formula is C13H14N4O2. The molecular weight excluding hydrogens is 244 g/mol. The molecule has 0 fully saturated rings. The van der Waals surface area contributed by atoms with E-state index in [-0.39, 0.29) is 11.5 Å². The molecule has 1 aliphatic heterocycles. The quantitative estimate of drug-likeness (QED) is 0.808. The standard InChI is InChI=1S/C13H14N4O2/c1-9(18)16-7-5-10-11(8-16)15-17(13(10)19)12-4-2-3-6-14-12/h2-4,6,15H,5,7-8H2,1H3. The predicted octanol–water partition coefficient (Wildman–Crippen LogP) is 0.465. The van der Waals surface area contributed by atoms with Crippen molar-refractivity contribution in [2.24, 2.45) is 0 Å². The normalized spacial score (nSPS) is 14.3. The maximum Gasteiger partial charge on any atom is 0.276 e. The van der Waals surface area contributed by atoms with E-state index in [2.05, 4.69) is 10.1 Å². The van der Waals surface area contributed by atoms with Gasteiger partial charge in [-0.25, -0.2) is 9.67 Å². The fourth-order valence-electron chi connectivity index (χ4n) is 2.34. The average Bonchev–Trinajstić information content (AvgIpc) is 2.76. The molecule has 6 nitrogen and oxygen atoms in total. The Labute approximate surface area is 109 Å². The van der Waals surface area contributed by atoms with Gasteiger partial charge >= 0.3 is 0 Å². The number of amides is 1. The van der Waals surface area contributed by atoms with E-state index >= 15 is 0 Å². The first-order valence-corrected chi connectivity index (χ1v) is 6.16. The van der Waals surface area contributed by atoms with E-state index in [1.165, 1.54) is 4.68 Å². The summed E-state index contributed by atoms with van der Waals surface area (Å²) in [5, 5.41) is 3.05. The Hall–Kier alpha value is -2.37. The first kappa shape index (κ1) is 11.7. The molecule has 0 spiro atoms. The second kappa shape index (κ2) is 4.38. The number of carbonyl (C=O) groups excluding carboxylic acids is 1. The molecule has 0 radical (unpaired) electrons. The molecule has 0 saturated carbocycles. The smallest absolute Gasteiger partial charge is 0.276 e. The van der Waals surface area contributed by atoms with Gasteiger partial charge in [-0.1, -0.05) is 6.07 Å². The van der Waals surface area contributed by atoms with Crippen molar-refractivity contribution in [2.75, 3.05) is 6.54 Å². The summed E-state index contributed by atoms with van der Waals surface area (Å²) in [4.78, 5) is 29.5. The number of aromatic amines is 1. The second-order valence-electron chi connectivity index (χ2n) is 4.59. The summed E-state index contributed by atoms with van der Waals surface area (Å²) in [5.41, 5.74) is 1.48. The lowest BCUT2D eigenvalue weighted by molar-refractivity contribution is -0.129. The molecule has 0 aliphatic carbocycles. The van der Waals surface area contributed by atoms with E-state index in [0.29, 0.717) is 25.3 Å². The van der Waals surface area contributed by atoms with Crippen LogP contribution in [-0.2, 0) is 17.8 Å². The molecule has 19 heavy (non-hydrogen) atoms. The molecule has 2 aromatic heterocycles. The molecule has 0 unspecified atom stereocenters. The van der Waals surface area contributed by atoms with E-state index in [4.69, 9.17) is 0 Å². The maximum atomic E-state index is 12.3. The molecule has 0 saturated heterocycles. The third-order valence-corrected chi connectivity index (χ3v) is 3.38. The highest BCUT2D eigenvalue weighted by atomic mass is 16.2. The highest BCUT2D eigenvalue weighted by Crippen LogP contribution is 2.15. The van der Waals surface area contributed by atoms with E-state index in [1.807, 2.05) is 6.07 Å². The number of nitrogens with one attached hydrogen (secondary N) is 1. The third-order valence-electron chi connectivity index (χ3n) is 3.38. The highest BCUT2D eigenvalue weighted by molar-refractivity contribution is 5.73. The lowest BCUT2D eigenvalue weighted by Gasteiger charge is -2.24. The molecule has 0 bridgehead atoms. The SMILES string of the molecule is CC(=O)N1CCc2c([nH]n(-c3ccccn3)c2=O)C1. The zero-order valence-corrected chi connectivity index (χ0v) is 10.6. The summed E-state index contributed by atoms with van der Waals surface area (Å²) >= 11 is 0. The lowest BCUT2D eigenvalue weighted by atomic mass is 10.1. The average molecular weight is 258 g/mol. The Morgan fingerprint density at radius 2 is 2.26 bits per heavy atom. The van der Waals surface area contributed by atoms with Gasteiger partial charge in [-0.3, -0.25) is 14.7 Å². The van der Waals surface area contributed by atoms with Gasteiger partial charge in [0.15, 0.2) is 5.82 Å². The highest BCUT2D eigenvalue weighted by Gasteiger charge is 2.24. The van der Waals surface area contributed by atoms with Crippen LogP contribution in [0.2, 0.25) is 0 Å². The molecule has 1 aliphatic rings. The van der Waals surface area contributed by atoms with Crippen molar-refractivity contribution in [1.82, 2.24) is 19.7 Å². The topological polar surface area (TPSA) is 71.0 Å². The number of carbonyl (C=O) groups is 1. The van der Waals surface area contributed by atoms with Crippen molar-refractivity contribution in [2.45, 2.75) is 19.9 Å². The second-order valence-corrected chi connectivity index (χ2v) is 4.59. The largest absolute Gasteiger partial charge is 0.337 e. The van der Waals surface area contributed by atoms with Gasteiger partial charge in [-0.05, 0) is 18.6 Å². The van der Waals surface area contributed by atoms with Crippen LogP contribution in [0.25, 0.3) is 5.82 Å².